The third-order valence-electron chi connectivity index (χ3n) is 3.01. The molecule has 2 aromatic rings. The number of aromatic nitrogens is 1. The van der Waals surface area contributed by atoms with E-state index in [9.17, 15) is 0 Å². The van der Waals surface area contributed by atoms with Gasteiger partial charge in [0.2, 0.25) is 0 Å². The van der Waals surface area contributed by atoms with Gasteiger partial charge in [-0.1, -0.05) is 32.1 Å². The van der Waals surface area contributed by atoms with Crippen molar-refractivity contribution in [2.24, 2.45) is 5.41 Å². The monoisotopic (exact) mass is 292 g/mol. The van der Waals surface area contributed by atoms with Crippen molar-refractivity contribution in [3.63, 3.8) is 0 Å². The molecule has 3 nitrogen and oxygen atoms in total. The molecule has 0 fully saturated rings. The molecule has 2 rings (SSSR count). The molecule has 0 bridgehead atoms. The van der Waals surface area contributed by atoms with E-state index in [4.69, 9.17) is 4.74 Å². The Balaban J connectivity index is 2.21. The minimum absolute atomic E-state index is 0.0240. The number of rotatable bonds is 4. The summed E-state index contributed by atoms with van der Waals surface area (Å²) in [6.45, 7) is 11.2. The van der Waals surface area contributed by atoms with Crippen LogP contribution in [-0.4, -0.2) is 17.6 Å². The van der Waals surface area contributed by atoms with Gasteiger partial charge in [0, 0.05) is 5.54 Å². The van der Waals surface area contributed by atoms with Gasteiger partial charge in [-0.2, -0.15) is 0 Å². The number of anilines is 1. The van der Waals surface area contributed by atoms with Crippen LogP contribution in [0, 0.1) is 5.41 Å². The molecule has 110 valence electrons. The van der Waals surface area contributed by atoms with Crippen LogP contribution in [0.4, 0.5) is 5.13 Å². The lowest BCUT2D eigenvalue weighted by Crippen LogP contribution is -2.35. The first-order valence-electron chi connectivity index (χ1n) is 6.91. The van der Waals surface area contributed by atoms with E-state index in [0.717, 1.165) is 27.5 Å². The normalized spacial score (nSPS) is 12.7. The van der Waals surface area contributed by atoms with Crippen molar-refractivity contribution >= 4 is 26.7 Å². The maximum atomic E-state index is 5.26. The summed E-state index contributed by atoms with van der Waals surface area (Å²) in [4.78, 5) is 4.66. The molecule has 0 saturated carbocycles. The number of hydrogen-bond donors (Lipinski definition) is 1. The van der Waals surface area contributed by atoms with Gasteiger partial charge in [0.25, 0.3) is 0 Å². The first-order valence-corrected chi connectivity index (χ1v) is 7.73. The quantitative estimate of drug-likeness (QED) is 0.867. The number of fused-ring (bicyclic) bond motifs is 1. The summed E-state index contributed by atoms with van der Waals surface area (Å²) in [7, 11) is 1.69. The summed E-state index contributed by atoms with van der Waals surface area (Å²) in [5.74, 6) is 0.877. The molecule has 1 N–H and O–H groups in total. The molecule has 4 heteroatoms. The lowest BCUT2D eigenvalue weighted by molar-refractivity contribution is 0.302. The van der Waals surface area contributed by atoms with E-state index in [0.29, 0.717) is 0 Å². The van der Waals surface area contributed by atoms with Crippen LogP contribution in [0.5, 0.6) is 5.75 Å². The van der Waals surface area contributed by atoms with E-state index < -0.39 is 0 Å². The largest absolute Gasteiger partial charge is 0.497 e. The number of hydrogen-bond acceptors (Lipinski definition) is 4. The van der Waals surface area contributed by atoms with Crippen LogP contribution in [0.1, 0.15) is 41.0 Å². The minimum atomic E-state index is 0.0240. The van der Waals surface area contributed by atoms with Crippen LogP contribution in [0.15, 0.2) is 18.2 Å². The van der Waals surface area contributed by atoms with Gasteiger partial charge in [-0.25, -0.2) is 4.98 Å². The third kappa shape index (κ3) is 3.85. The van der Waals surface area contributed by atoms with Crippen LogP contribution < -0.4 is 10.1 Å². The van der Waals surface area contributed by atoms with Crippen LogP contribution >= 0.6 is 11.3 Å². The number of ether oxygens (including phenoxy) is 1. The van der Waals surface area contributed by atoms with Gasteiger partial charge in [0.1, 0.15) is 5.75 Å². The smallest absolute Gasteiger partial charge is 0.184 e. The molecule has 0 spiro atoms. The highest BCUT2D eigenvalue weighted by molar-refractivity contribution is 7.22. The van der Waals surface area contributed by atoms with Gasteiger partial charge in [0.05, 0.1) is 17.3 Å². The average molecular weight is 292 g/mol. The molecule has 0 radical (unpaired) electrons. The van der Waals surface area contributed by atoms with Crippen molar-refractivity contribution in [1.82, 2.24) is 4.98 Å². The van der Waals surface area contributed by atoms with Crippen molar-refractivity contribution in [3.05, 3.63) is 18.2 Å². The summed E-state index contributed by atoms with van der Waals surface area (Å²) in [6.07, 6.45) is 1.08. The maximum absolute atomic E-state index is 5.26. The SMILES string of the molecule is COc1ccc2nc(NC(C)(C)CC(C)(C)C)sc2c1. The maximum Gasteiger partial charge on any atom is 0.184 e. The van der Waals surface area contributed by atoms with E-state index in [2.05, 4.69) is 44.9 Å². The lowest BCUT2D eigenvalue weighted by atomic mass is 9.82. The number of nitrogens with one attached hydrogen (secondary N) is 1. The van der Waals surface area contributed by atoms with E-state index in [1.807, 2.05) is 18.2 Å². The Morgan fingerprint density at radius 2 is 1.90 bits per heavy atom. The summed E-state index contributed by atoms with van der Waals surface area (Å²) in [6, 6.07) is 5.99. The molecule has 0 saturated heterocycles. The summed E-state index contributed by atoms with van der Waals surface area (Å²) >= 11 is 1.68. The van der Waals surface area contributed by atoms with Crippen LogP contribution in [0.3, 0.4) is 0 Å². The van der Waals surface area contributed by atoms with Crippen molar-refractivity contribution in [3.8, 4) is 5.75 Å². The minimum Gasteiger partial charge on any atom is -0.497 e. The predicted molar refractivity (Wildman–Crippen MR) is 87.9 cm³/mol. The Bertz CT molecular complexity index is 596. The highest BCUT2D eigenvalue weighted by Gasteiger charge is 2.26. The number of thiazole rings is 1. The van der Waals surface area contributed by atoms with Gasteiger partial charge in [0.15, 0.2) is 5.13 Å². The summed E-state index contributed by atoms with van der Waals surface area (Å²) in [5.41, 5.74) is 1.33. The molecule has 0 aliphatic heterocycles. The lowest BCUT2D eigenvalue weighted by Gasteiger charge is -2.33. The summed E-state index contributed by atoms with van der Waals surface area (Å²) < 4.78 is 6.41. The molecule has 0 unspecified atom stereocenters. The van der Waals surface area contributed by atoms with E-state index in [1.165, 1.54) is 0 Å². The first kappa shape index (κ1) is 15.1. The van der Waals surface area contributed by atoms with Gasteiger partial charge < -0.3 is 10.1 Å². The van der Waals surface area contributed by atoms with Crippen molar-refractivity contribution in [2.45, 2.75) is 46.6 Å². The van der Waals surface area contributed by atoms with Crippen molar-refractivity contribution < 1.29 is 4.74 Å². The molecule has 1 aromatic heterocycles. The molecule has 0 aliphatic rings. The fraction of sp³-hybridized carbons (Fsp3) is 0.562. The predicted octanol–water partition coefficient (Wildman–Crippen LogP) is 4.93. The second-order valence-corrected chi connectivity index (χ2v) is 8.13. The number of benzene rings is 1. The fourth-order valence-electron chi connectivity index (χ4n) is 2.74. The van der Waals surface area contributed by atoms with E-state index >= 15 is 0 Å². The molecule has 0 atom stereocenters. The van der Waals surface area contributed by atoms with Gasteiger partial charge in [-0.3, -0.25) is 0 Å². The Kier molecular flexibility index (Phi) is 3.96. The first-order chi connectivity index (χ1) is 9.18. The summed E-state index contributed by atoms with van der Waals surface area (Å²) in [5, 5.41) is 4.54. The second-order valence-electron chi connectivity index (χ2n) is 7.10. The van der Waals surface area contributed by atoms with Crippen LogP contribution in [-0.2, 0) is 0 Å². The number of methoxy groups -OCH3 is 1. The molecule has 0 aliphatic carbocycles. The molecule has 20 heavy (non-hydrogen) atoms. The zero-order valence-corrected chi connectivity index (χ0v) is 14.0. The zero-order valence-electron chi connectivity index (χ0n) is 13.2. The topological polar surface area (TPSA) is 34.1 Å². The van der Waals surface area contributed by atoms with Gasteiger partial charge >= 0.3 is 0 Å². The highest BCUT2D eigenvalue weighted by atomic mass is 32.1. The Labute approximate surface area is 125 Å². The molecule has 0 amide bonds. The standard InChI is InChI=1S/C16H24N2OS/c1-15(2,3)10-16(4,5)18-14-17-12-8-7-11(19-6)9-13(12)20-14/h7-9H,10H2,1-6H3,(H,17,18). The van der Waals surface area contributed by atoms with E-state index in [-0.39, 0.29) is 11.0 Å². The Morgan fingerprint density at radius 3 is 2.50 bits per heavy atom. The zero-order chi connectivity index (χ0) is 15.0. The molecular weight excluding hydrogens is 268 g/mol. The average Bonchev–Trinajstić information content (AvgIpc) is 2.64. The van der Waals surface area contributed by atoms with Gasteiger partial charge in [-0.15, -0.1) is 0 Å². The van der Waals surface area contributed by atoms with Crippen LogP contribution in [0.2, 0.25) is 0 Å². The van der Waals surface area contributed by atoms with E-state index in [1.54, 1.807) is 18.4 Å². The third-order valence-corrected chi connectivity index (χ3v) is 3.95. The fourth-order valence-corrected chi connectivity index (χ4v) is 3.82. The molecule has 1 aromatic carbocycles. The highest BCUT2D eigenvalue weighted by Crippen LogP contribution is 2.34. The van der Waals surface area contributed by atoms with Gasteiger partial charge in [-0.05, 0) is 43.9 Å². The van der Waals surface area contributed by atoms with Crippen LogP contribution in [0.25, 0.3) is 10.2 Å². The number of nitrogens with zero attached hydrogens (tertiary/aromatic N) is 1. The van der Waals surface area contributed by atoms with Crippen molar-refractivity contribution in [1.29, 1.82) is 0 Å². The molecule has 1 heterocycles. The molecular formula is C16H24N2OS. The Morgan fingerprint density at radius 1 is 1.20 bits per heavy atom. The van der Waals surface area contributed by atoms with Crippen molar-refractivity contribution in [2.75, 3.05) is 12.4 Å². The second kappa shape index (κ2) is 5.24. The Hall–Kier alpha value is -1.29.